The number of halogens is 2. The molecule has 5 nitrogen and oxygen atoms in total. The Labute approximate surface area is 119 Å². The molecule has 1 unspecified atom stereocenters. The predicted octanol–water partition coefficient (Wildman–Crippen LogP) is 1.87. The highest BCUT2D eigenvalue weighted by atomic mass is 79.9. The van der Waals surface area contributed by atoms with Crippen LogP contribution in [0.15, 0.2) is 10.7 Å². The first-order valence-electron chi connectivity index (χ1n) is 5.63. The number of hydrogen-bond acceptors (Lipinski definition) is 5. The van der Waals surface area contributed by atoms with Crippen LogP contribution < -0.4 is 4.90 Å². The quantitative estimate of drug-likeness (QED) is 0.836. The lowest BCUT2D eigenvalue weighted by molar-refractivity contribution is -0.101. The van der Waals surface area contributed by atoms with Gasteiger partial charge in [0.1, 0.15) is 5.82 Å². The minimum Gasteiger partial charge on any atom is -0.394 e. The Balaban J connectivity index is 2.29. The van der Waals surface area contributed by atoms with Crippen molar-refractivity contribution < 1.29 is 9.84 Å². The Morgan fingerprint density at radius 3 is 3.06 bits per heavy atom. The summed E-state index contributed by atoms with van der Waals surface area (Å²) in [5, 5.41) is 9.50. The van der Waals surface area contributed by atoms with Crippen LogP contribution in [0.5, 0.6) is 0 Å². The Bertz CT molecular complexity index is 444. The average Bonchev–Trinajstić information content (AvgIpc) is 2.30. The second kappa shape index (κ2) is 5.28. The molecule has 0 bridgehead atoms. The number of rotatable bonds is 2. The Hall–Kier alpha value is -0.430. The van der Waals surface area contributed by atoms with Crippen molar-refractivity contribution in [3.05, 3.63) is 16.0 Å². The van der Waals surface area contributed by atoms with E-state index in [0.717, 1.165) is 10.3 Å². The monoisotopic (exact) mass is 335 g/mol. The highest BCUT2D eigenvalue weighted by Crippen LogP contribution is 2.30. The molecule has 0 aromatic carbocycles. The predicted molar refractivity (Wildman–Crippen MR) is 73.0 cm³/mol. The molecule has 1 atom stereocenters. The summed E-state index contributed by atoms with van der Waals surface area (Å²) < 4.78 is 6.54. The van der Waals surface area contributed by atoms with Crippen molar-refractivity contribution >= 4 is 33.3 Å². The smallest absolute Gasteiger partial charge is 0.224 e. The lowest BCUT2D eigenvalue weighted by atomic mass is 10.1. The number of aliphatic hydroxyl groups excluding tert-OH is 1. The van der Waals surface area contributed by atoms with Gasteiger partial charge in [0.15, 0.2) is 0 Å². The molecule has 0 amide bonds. The zero-order valence-electron chi connectivity index (χ0n) is 10.2. The second-order valence-corrected chi connectivity index (χ2v) is 6.07. The molecule has 18 heavy (non-hydrogen) atoms. The minimum absolute atomic E-state index is 0.0175. The summed E-state index contributed by atoms with van der Waals surface area (Å²) >= 11 is 9.24. The molecule has 0 aliphatic carbocycles. The van der Waals surface area contributed by atoms with E-state index in [0.29, 0.717) is 13.1 Å². The van der Waals surface area contributed by atoms with Crippen molar-refractivity contribution in [1.82, 2.24) is 9.97 Å². The molecular formula is C11H15BrClN3O2. The summed E-state index contributed by atoms with van der Waals surface area (Å²) in [7, 11) is 0. The minimum atomic E-state index is -0.345. The largest absolute Gasteiger partial charge is 0.394 e. The second-order valence-electron chi connectivity index (χ2n) is 4.87. The van der Waals surface area contributed by atoms with Gasteiger partial charge < -0.3 is 14.7 Å². The summed E-state index contributed by atoms with van der Waals surface area (Å²) in [6.07, 6.45) is 1.40. The molecule has 1 aliphatic heterocycles. The fourth-order valence-electron chi connectivity index (χ4n) is 2.11. The van der Waals surface area contributed by atoms with Gasteiger partial charge in [0.05, 0.1) is 22.8 Å². The van der Waals surface area contributed by atoms with E-state index >= 15 is 0 Å². The Kier molecular flexibility index (Phi) is 4.11. The highest BCUT2D eigenvalue weighted by molar-refractivity contribution is 9.10. The fraction of sp³-hybridized carbons (Fsp3) is 0.636. The molecule has 1 fully saturated rings. The molecule has 1 saturated heterocycles. The standard InChI is InChI=1S/C11H15BrClN3O2/c1-11(2)6-16(4-7(5-17)18-11)9-8(12)3-14-10(13)15-9/h3,7,17H,4-6H2,1-2H3. The SMILES string of the molecule is CC1(C)CN(c2nc(Cl)ncc2Br)CC(CO)O1. The number of aliphatic hydroxyl groups is 1. The van der Waals surface area contributed by atoms with Crippen LogP contribution in [0.25, 0.3) is 0 Å². The summed E-state index contributed by atoms with van der Waals surface area (Å²) in [6, 6.07) is 0. The third-order valence-corrected chi connectivity index (χ3v) is 3.42. The maximum Gasteiger partial charge on any atom is 0.224 e. The molecule has 2 rings (SSSR count). The van der Waals surface area contributed by atoms with E-state index in [1.165, 1.54) is 0 Å². The normalized spacial score (nSPS) is 23.2. The lowest BCUT2D eigenvalue weighted by Gasteiger charge is -2.43. The van der Waals surface area contributed by atoms with Gasteiger partial charge in [0.25, 0.3) is 0 Å². The van der Waals surface area contributed by atoms with Gasteiger partial charge in [-0.1, -0.05) is 0 Å². The molecular weight excluding hydrogens is 321 g/mol. The Morgan fingerprint density at radius 1 is 1.67 bits per heavy atom. The van der Waals surface area contributed by atoms with Gasteiger partial charge in [-0.25, -0.2) is 4.98 Å². The molecule has 1 aromatic heterocycles. The van der Waals surface area contributed by atoms with E-state index in [9.17, 15) is 5.11 Å². The zero-order valence-corrected chi connectivity index (χ0v) is 12.6. The van der Waals surface area contributed by atoms with Crippen LogP contribution in [0.3, 0.4) is 0 Å². The van der Waals surface area contributed by atoms with E-state index in [1.54, 1.807) is 6.20 Å². The molecule has 1 aromatic rings. The zero-order chi connectivity index (χ0) is 13.3. The van der Waals surface area contributed by atoms with Crippen LogP contribution in [0.2, 0.25) is 5.28 Å². The van der Waals surface area contributed by atoms with Crippen molar-refractivity contribution in [1.29, 1.82) is 0 Å². The summed E-state index contributed by atoms with van der Waals surface area (Å²) in [6.45, 7) is 5.20. The first-order chi connectivity index (χ1) is 8.41. The van der Waals surface area contributed by atoms with Gasteiger partial charge in [-0.3, -0.25) is 0 Å². The van der Waals surface area contributed by atoms with E-state index in [-0.39, 0.29) is 23.6 Å². The van der Waals surface area contributed by atoms with Crippen molar-refractivity contribution in [2.75, 3.05) is 24.6 Å². The van der Waals surface area contributed by atoms with Crippen molar-refractivity contribution in [3.8, 4) is 0 Å². The molecule has 100 valence electrons. The van der Waals surface area contributed by atoms with E-state index in [4.69, 9.17) is 16.3 Å². The van der Waals surface area contributed by atoms with E-state index < -0.39 is 0 Å². The summed E-state index contributed by atoms with van der Waals surface area (Å²) in [5.74, 6) is 0.727. The van der Waals surface area contributed by atoms with E-state index in [2.05, 4.69) is 25.9 Å². The van der Waals surface area contributed by atoms with Gasteiger partial charge in [-0.15, -0.1) is 0 Å². The van der Waals surface area contributed by atoms with E-state index in [1.807, 2.05) is 18.7 Å². The number of morpholine rings is 1. The van der Waals surface area contributed by atoms with Crippen LogP contribution in [-0.2, 0) is 4.74 Å². The van der Waals surface area contributed by atoms with Crippen LogP contribution in [0, 0.1) is 0 Å². The van der Waals surface area contributed by atoms with Crippen molar-refractivity contribution in [3.63, 3.8) is 0 Å². The fourth-order valence-corrected chi connectivity index (χ4v) is 2.68. The van der Waals surface area contributed by atoms with Gasteiger partial charge in [0.2, 0.25) is 5.28 Å². The molecule has 1 N–H and O–H groups in total. The van der Waals surface area contributed by atoms with Crippen LogP contribution >= 0.6 is 27.5 Å². The highest BCUT2D eigenvalue weighted by Gasteiger charge is 2.34. The van der Waals surface area contributed by atoms with Crippen LogP contribution in [0.4, 0.5) is 5.82 Å². The van der Waals surface area contributed by atoms with Gasteiger partial charge in [-0.2, -0.15) is 4.98 Å². The lowest BCUT2D eigenvalue weighted by Crippen LogP contribution is -2.54. The van der Waals surface area contributed by atoms with Gasteiger partial charge in [0, 0.05) is 19.3 Å². The number of anilines is 1. The van der Waals surface area contributed by atoms with Crippen LogP contribution in [0.1, 0.15) is 13.8 Å². The Morgan fingerprint density at radius 2 is 2.39 bits per heavy atom. The molecule has 0 saturated carbocycles. The van der Waals surface area contributed by atoms with Crippen molar-refractivity contribution in [2.24, 2.45) is 0 Å². The summed E-state index contributed by atoms with van der Waals surface area (Å²) in [5.41, 5.74) is -0.345. The third-order valence-electron chi connectivity index (χ3n) is 2.68. The molecule has 2 heterocycles. The molecule has 1 aliphatic rings. The first-order valence-corrected chi connectivity index (χ1v) is 6.80. The molecule has 0 radical (unpaired) electrons. The number of ether oxygens (including phenoxy) is 1. The maximum atomic E-state index is 9.29. The molecule has 0 spiro atoms. The number of hydrogen-bond donors (Lipinski definition) is 1. The van der Waals surface area contributed by atoms with Gasteiger partial charge >= 0.3 is 0 Å². The van der Waals surface area contributed by atoms with Gasteiger partial charge in [-0.05, 0) is 41.4 Å². The maximum absolute atomic E-state index is 9.29. The first kappa shape index (κ1) is 14.0. The number of nitrogens with zero attached hydrogens (tertiary/aromatic N) is 3. The summed E-state index contributed by atoms with van der Waals surface area (Å²) in [4.78, 5) is 10.2. The van der Waals surface area contributed by atoms with Crippen LogP contribution in [-0.4, -0.2) is 46.5 Å². The van der Waals surface area contributed by atoms with Crippen molar-refractivity contribution in [2.45, 2.75) is 25.6 Å². The molecule has 7 heteroatoms. The topological polar surface area (TPSA) is 58.5 Å². The third kappa shape index (κ3) is 3.12. The number of aromatic nitrogens is 2. The average molecular weight is 337 g/mol.